The number of carbonyl (C=O) groups excluding carboxylic acids is 1. The Morgan fingerprint density at radius 1 is 1.03 bits per heavy atom. The van der Waals surface area contributed by atoms with E-state index in [1.54, 1.807) is 45.0 Å². The van der Waals surface area contributed by atoms with Crippen molar-refractivity contribution in [2.75, 3.05) is 0 Å². The normalized spacial score (nSPS) is 12.8. The van der Waals surface area contributed by atoms with Crippen LogP contribution in [0.2, 0.25) is 0 Å². The average molecular weight is 429 g/mol. The van der Waals surface area contributed by atoms with Crippen LogP contribution < -0.4 is 15.1 Å². The van der Waals surface area contributed by atoms with E-state index in [2.05, 4.69) is 4.72 Å². The minimum atomic E-state index is -3.92. The zero-order chi connectivity index (χ0) is 22.1. The molecule has 1 atom stereocenters. The van der Waals surface area contributed by atoms with Crippen molar-refractivity contribution >= 4 is 27.0 Å². The molecule has 0 aliphatic carbocycles. The molecule has 0 bridgehead atoms. The molecule has 0 saturated heterocycles. The minimum Gasteiger partial charge on any atom is -0.425 e. The molecular weight excluding hydrogens is 406 g/mol. The summed E-state index contributed by atoms with van der Waals surface area (Å²) in [6, 6.07) is 11.3. The van der Waals surface area contributed by atoms with Gasteiger partial charge < -0.3 is 9.15 Å². The highest BCUT2D eigenvalue weighted by Crippen LogP contribution is 2.23. The molecule has 7 nitrogen and oxygen atoms in total. The molecule has 1 N–H and O–H groups in total. The molecule has 3 rings (SSSR count). The van der Waals surface area contributed by atoms with E-state index < -0.39 is 27.7 Å². The fraction of sp³-hybridized carbons (Fsp3) is 0.273. The van der Waals surface area contributed by atoms with Crippen molar-refractivity contribution in [2.24, 2.45) is 5.92 Å². The van der Waals surface area contributed by atoms with Gasteiger partial charge in [0.1, 0.15) is 17.4 Å². The van der Waals surface area contributed by atoms with Crippen LogP contribution in [0.4, 0.5) is 0 Å². The van der Waals surface area contributed by atoms with Crippen LogP contribution in [-0.2, 0) is 14.8 Å². The number of fused-ring (bicyclic) bond motifs is 1. The van der Waals surface area contributed by atoms with Gasteiger partial charge in [-0.25, -0.2) is 18.0 Å². The third-order valence-corrected chi connectivity index (χ3v) is 6.13. The molecule has 0 saturated carbocycles. The molecule has 3 aromatic rings. The summed E-state index contributed by atoms with van der Waals surface area (Å²) in [5.74, 6) is -0.963. The molecule has 0 fully saturated rings. The van der Waals surface area contributed by atoms with Gasteiger partial charge in [0, 0.05) is 17.5 Å². The molecule has 0 spiro atoms. The summed E-state index contributed by atoms with van der Waals surface area (Å²) in [6.07, 6.45) is 0. The zero-order valence-electron chi connectivity index (χ0n) is 17.1. The fourth-order valence-corrected chi connectivity index (χ4v) is 4.29. The Hall–Kier alpha value is -2.97. The summed E-state index contributed by atoms with van der Waals surface area (Å²) in [7, 11) is -3.92. The van der Waals surface area contributed by atoms with Crippen LogP contribution in [0.15, 0.2) is 62.6 Å². The minimum absolute atomic E-state index is 0.0644. The first kappa shape index (κ1) is 21.7. The second-order valence-corrected chi connectivity index (χ2v) is 9.20. The molecule has 30 heavy (non-hydrogen) atoms. The first-order valence-corrected chi connectivity index (χ1v) is 10.9. The first-order chi connectivity index (χ1) is 14.1. The Labute approximate surface area is 174 Å². The molecule has 0 aliphatic heterocycles. The molecule has 0 unspecified atom stereocenters. The number of hydrogen-bond donors (Lipinski definition) is 1. The van der Waals surface area contributed by atoms with Crippen molar-refractivity contribution in [3.8, 4) is 5.75 Å². The lowest BCUT2D eigenvalue weighted by Gasteiger charge is -2.21. The van der Waals surface area contributed by atoms with E-state index in [-0.39, 0.29) is 22.1 Å². The van der Waals surface area contributed by atoms with Crippen LogP contribution in [0.3, 0.4) is 0 Å². The first-order valence-electron chi connectivity index (χ1n) is 9.42. The van der Waals surface area contributed by atoms with Gasteiger partial charge in [-0.1, -0.05) is 31.5 Å². The molecule has 0 amide bonds. The summed E-state index contributed by atoms with van der Waals surface area (Å²) in [5.41, 5.74) is 1.44. The van der Waals surface area contributed by atoms with Crippen molar-refractivity contribution in [2.45, 2.75) is 38.6 Å². The lowest BCUT2D eigenvalue weighted by atomic mass is 10.1. The van der Waals surface area contributed by atoms with Crippen molar-refractivity contribution in [3.05, 3.63) is 70.1 Å². The van der Waals surface area contributed by atoms with Gasteiger partial charge in [-0.05, 0) is 49.6 Å². The van der Waals surface area contributed by atoms with Gasteiger partial charge in [-0.3, -0.25) is 0 Å². The number of sulfonamides is 1. The van der Waals surface area contributed by atoms with E-state index in [0.717, 1.165) is 16.5 Å². The maximum atomic E-state index is 12.7. The monoisotopic (exact) mass is 429 g/mol. The van der Waals surface area contributed by atoms with Crippen LogP contribution in [-0.4, -0.2) is 20.4 Å². The average Bonchev–Trinajstić information content (AvgIpc) is 2.65. The van der Waals surface area contributed by atoms with Crippen LogP contribution in [0, 0.1) is 19.8 Å². The second-order valence-electron chi connectivity index (χ2n) is 7.48. The quantitative estimate of drug-likeness (QED) is 0.366. The smallest absolute Gasteiger partial charge is 0.336 e. The number of aryl methyl sites for hydroxylation is 2. The number of rotatable bonds is 6. The summed E-state index contributed by atoms with van der Waals surface area (Å²) in [6.45, 7) is 7.06. The summed E-state index contributed by atoms with van der Waals surface area (Å²) in [4.78, 5) is 24.4. The third kappa shape index (κ3) is 4.77. The molecule has 1 aromatic heterocycles. The topological polar surface area (TPSA) is 103 Å². The highest BCUT2D eigenvalue weighted by atomic mass is 32.2. The molecule has 0 aliphatic rings. The molecule has 2 aromatic carbocycles. The zero-order valence-corrected chi connectivity index (χ0v) is 17.9. The van der Waals surface area contributed by atoms with Gasteiger partial charge in [0.05, 0.1) is 4.90 Å². The lowest BCUT2D eigenvalue weighted by Crippen LogP contribution is -2.46. The van der Waals surface area contributed by atoms with E-state index in [9.17, 15) is 18.0 Å². The SMILES string of the molecule is Cc1ccc(S(=O)(=O)N[C@@H](C(=O)Oc2ccc3c(C)cc(=O)oc3c2)C(C)C)cc1. The standard InChI is InChI=1S/C22H23NO6S/c1-13(2)21(23-30(26,27)17-8-5-14(3)6-9-17)22(25)28-16-7-10-18-15(4)11-20(24)29-19(18)12-16/h5-13,21,23H,1-4H3/t21-/m1/s1. The van der Waals surface area contributed by atoms with Crippen molar-refractivity contribution in [3.63, 3.8) is 0 Å². The Bertz CT molecular complexity index is 1240. The van der Waals surface area contributed by atoms with Crippen molar-refractivity contribution < 1.29 is 22.4 Å². The predicted molar refractivity (Wildman–Crippen MR) is 113 cm³/mol. The Kier molecular flexibility index (Phi) is 6.09. The number of benzene rings is 2. The van der Waals surface area contributed by atoms with E-state index in [1.807, 2.05) is 6.92 Å². The van der Waals surface area contributed by atoms with Crippen molar-refractivity contribution in [1.82, 2.24) is 4.72 Å². The largest absolute Gasteiger partial charge is 0.425 e. The summed E-state index contributed by atoms with van der Waals surface area (Å²) < 4.78 is 38.4. The van der Waals surface area contributed by atoms with Gasteiger partial charge in [-0.2, -0.15) is 4.72 Å². The number of nitrogens with one attached hydrogen (secondary N) is 1. The fourth-order valence-electron chi connectivity index (χ4n) is 2.96. The number of carbonyl (C=O) groups is 1. The van der Waals surface area contributed by atoms with Crippen LogP contribution in [0.1, 0.15) is 25.0 Å². The van der Waals surface area contributed by atoms with Crippen LogP contribution >= 0.6 is 0 Å². The van der Waals surface area contributed by atoms with Crippen LogP contribution in [0.5, 0.6) is 5.75 Å². The molecule has 1 heterocycles. The van der Waals surface area contributed by atoms with E-state index in [4.69, 9.17) is 9.15 Å². The Balaban J connectivity index is 1.84. The highest BCUT2D eigenvalue weighted by Gasteiger charge is 2.30. The number of hydrogen-bond acceptors (Lipinski definition) is 6. The third-order valence-electron chi connectivity index (χ3n) is 4.68. The second kappa shape index (κ2) is 8.41. The van der Waals surface area contributed by atoms with Gasteiger partial charge in [0.2, 0.25) is 10.0 Å². The maximum absolute atomic E-state index is 12.7. The van der Waals surface area contributed by atoms with E-state index in [0.29, 0.717) is 0 Å². The van der Waals surface area contributed by atoms with Gasteiger partial charge in [0.25, 0.3) is 0 Å². The van der Waals surface area contributed by atoms with E-state index >= 15 is 0 Å². The Morgan fingerprint density at radius 2 is 1.70 bits per heavy atom. The van der Waals surface area contributed by atoms with Gasteiger partial charge >= 0.3 is 11.6 Å². The number of ether oxygens (including phenoxy) is 1. The maximum Gasteiger partial charge on any atom is 0.336 e. The molecular formula is C22H23NO6S. The lowest BCUT2D eigenvalue weighted by molar-refractivity contribution is -0.137. The Morgan fingerprint density at radius 3 is 2.33 bits per heavy atom. The molecule has 158 valence electrons. The van der Waals surface area contributed by atoms with E-state index in [1.165, 1.54) is 24.3 Å². The van der Waals surface area contributed by atoms with Crippen LogP contribution in [0.25, 0.3) is 11.0 Å². The summed E-state index contributed by atoms with van der Waals surface area (Å²) >= 11 is 0. The molecule has 8 heteroatoms. The predicted octanol–water partition coefficient (Wildman–Crippen LogP) is 3.32. The molecule has 0 radical (unpaired) electrons. The van der Waals surface area contributed by atoms with Gasteiger partial charge in [0.15, 0.2) is 0 Å². The van der Waals surface area contributed by atoms with Crippen molar-refractivity contribution in [1.29, 1.82) is 0 Å². The number of esters is 1. The van der Waals surface area contributed by atoms with Gasteiger partial charge in [-0.15, -0.1) is 0 Å². The highest BCUT2D eigenvalue weighted by molar-refractivity contribution is 7.89. The summed E-state index contributed by atoms with van der Waals surface area (Å²) in [5, 5.41) is 0.717.